The normalized spacial score (nSPS) is 19.6. The molecule has 25 heavy (non-hydrogen) atoms. The summed E-state index contributed by atoms with van der Waals surface area (Å²) in [7, 11) is 1.40. The molecule has 1 aromatic rings. The van der Waals surface area contributed by atoms with Crippen LogP contribution in [-0.2, 0) is 12.8 Å². The molecule has 0 aliphatic carbocycles. The Hall–Kier alpha value is -2.05. The van der Waals surface area contributed by atoms with E-state index in [1.807, 2.05) is 0 Å². The standard InChI is InChI=1S/C19H26O6/c1-9(2)13(21)7-11-16(23)12-8-14(22)19(4,5)25-18(12)15(10(3)20)17(11)24-6/h13-14,21-23H,1,7-8H2,2-6H3. The van der Waals surface area contributed by atoms with Crippen LogP contribution in [0.5, 0.6) is 17.2 Å². The fourth-order valence-electron chi connectivity index (χ4n) is 2.98. The number of hydrogen-bond acceptors (Lipinski definition) is 6. The molecule has 1 aliphatic heterocycles. The molecule has 0 spiro atoms. The topological polar surface area (TPSA) is 96.2 Å². The Labute approximate surface area is 147 Å². The van der Waals surface area contributed by atoms with Gasteiger partial charge in [-0.3, -0.25) is 4.79 Å². The van der Waals surface area contributed by atoms with E-state index >= 15 is 0 Å². The van der Waals surface area contributed by atoms with E-state index in [4.69, 9.17) is 9.47 Å². The molecule has 0 amide bonds. The van der Waals surface area contributed by atoms with Gasteiger partial charge in [0.25, 0.3) is 0 Å². The molecule has 2 rings (SSSR count). The highest BCUT2D eigenvalue weighted by molar-refractivity contribution is 6.01. The molecule has 0 bridgehead atoms. The van der Waals surface area contributed by atoms with Gasteiger partial charge in [-0.2, -0.15) is 0 Å². The molecule has 0 saturated heterocycles. The van der Waals surface area contributed by atoms with Crippen LogP contribution in [0.4, 0.5) is 0 Å². The fourth-order valence-corrected chi connectivity index (χ4v) is 2.98. The van der Waals surface area contributed by atoms with Gasteiger partial charge < -0.3 is 24.8 Å². The molecule has 138 valence electrons. The van der Waals surface area contributed by atoms with Gasteiger partial charge in [-0.15, -0.1) is 0 Å². The predicted octanol–water partition coefficient (Wildman–Crippen LogP) is 2.16. The van der Waals surface area contributed by atoms with Crippen molar-refractivity contribution in [2.24, 2.45) is 0 Å². The highest BCUT2D eigenvalue weighted by Crippen LogP contribution is 2.48. The molecule has 0 fully saturated rings. The van der Waals surface area contributed by atoms with Crippen molar-refractivity contribution in [3.8, 4) is 17.2 Å². The maximum atomic E-state index is 12.3. The maximum Gasteiger partial charge on any atom is 0.167 e. The van der Waals surface area contributed by atoms with Crippen molar-refractivity contribution in [1.82, 2.24) is 0 Å². The summed E-state index contributed by atoms with van der Waals surface area (Å²) in [4.78, 5) is 12.3. The lowest BCUT2D eigenvalue weighted by atomic mass is 9.85. The van der Waals surface area contributed by atoms with Crippen LogP contribution in [0.25, 0.3) is 0 Å². The molecule has 0 aromatic heterocycles. The van der Waals surface area contributed by atoms with Crippen LogP contribution in [0.2, 0.25) is 0 Å². The van der Waals surface area contributed by atoms with E-state index in [-0.39, 0.29) is 41.4 Å². The number of benzene rings is 1. The number of Topliss-reactive ketones (excluding diaryl/α,β-unsaturated/α-hetero) is 1. The number of methoxy groups -OCH3 is 1. The van der Waals surface area contributed by atoms with Gasteiger partial charge in [-0.05, 0) is 27.7 Å². The number of ketones is 1. The zero-order valence-corrected chi connectivity index (χ0v) is 15.3. The Bertz CT molecular complexity index is 719. The van der Waals surface area contributed by atoms with E-state index < -0.39 is 17.8 Å². The molecule has 1 aliphatic rings. The number of aliphatic hydroxyl groups is 2. The van der Waals surface area contributed by atoms with Crippen LogP contribution in [-0.4, -0.2) is 46.0 Å². The summed E-state index contributed by atoms with van der Waals surface area (Å²) in [6.07, 6.45) is -1.58. The second kappa shape index (κ2) is 6.69. The average molecular weight is 350 g/mol. The number of hydrogen-bond donors (Lipinski definition) is 3. The highest BCUT2D eigenvalue weighted by Gasteiger charge is 2.41. The molecule has 2 unspecified atom stereocenters. The van der Waals surface area contributed by atoms with Crippen LogP contribution in [0.1, 0.15) is 49.2 Å². The first-order valence-electron chi connectivity index (χ1n) is 8.17. The minimum atomic E-state index is -0.909. The Balaban J connectivity index is 2.76. The Morgan fingerprint density at radius 3 is 2.52 bits per heavy atom. The van der Waals surface area contributed by atoms with Crippen molar-refractivity contribution in [2.75, 3.05) is 7.11 Å². The molecule has 3 N–H and O–H groups in total. The summed E-state index contributed by atoms with van der Waals surface area (Å²) in [5.41, 5.74) is 0.479. The SMILES string of the molecule is C=C(C)C(O)Cc1c(O)c2c(c(C(C)=O)c1OC)OC(C)(C)C(O)C2. The van der Waals surface area contributed by atoms with Crippen LogP contribution >= 0.6 is 0 Å². The lowest BCUT2D eigenvalue weighted by molar-refractivity contribution is -0.0422. The minimum Gasteiger partial charge on any atom is -0.507 e. The Kier molecular flexibility index (Phi) is 5.16. The summed E-state index contributed by atoms with van der Waals surface area (Å²) in [6, 6.07) is 0. The van der Waals surface area contributed by atoms with Crippen molar-refractivity contribution < 1.29 is 29.6 Å². The van der Waals surface area contributed by atoms with Gasteiger partial charge in [-0.1, -0.05) is 12.2 Å². The molecular formula is C19H26O6. The summed E-state index contributed by atoms with van der Waals surface area (Å²) < 4.78 is 11.3. The Morgan fingerprint density at radius 1 is 1.44 bits per heavy atom. The monoisotopic (exact) mass is 350 g/mol. The first-order valence-corrected chi connectivity index (χ1v) is 8.17. The van der Waals surface area contributed by atoms with Crippen LogP contribution < -0.4 is 9.47 Å². The van der Waals surface area contributed by atoms with Gasteiger partial charge in [0.15, 0.2) is 5.78 Å². The summed E-state index contributed by atoms with van der Waals surface area (Å²) in [5, 5.41) is 31.2. The van der Waals surface area contributed by atoms with Gasteiger partial charge in [0.2, 0.25) is 0 Å². The number of phenols is 1. The van der Waals surface area contributed by atoms with E-state index in [0.717, 1.165) is 0 Å². The zero-order valence-electron chi connectivity index (χ0n) is 15.3. The summed E-state index contributed by atoms with van der Waals surface area (Å²) >= 11 is 0. The molecule has 6 nitrogen and oxygen atoms in total. The second-order valence-corrected chi connectivity index (χ2v) is 7.09. The number of aliphatic hydroxyl groups excluding tert-OH is 2. The van der Waals surface area contributed by atoms with Gasteiger partial charge in [0.05, 0.1) is 19.3 Å². The van der Waals surface area contributed by atoms with E-state index in [9.17, 15) is 20.1 Å². The second-order valence-electron chi connectivity index (χ2n) is 7.09. The third-order valence-corrected chi connectivity index (χ3v) is 4.66. The molecular weight excluding hydrogens is 324 g/mol. The lowest BCUT2D eigenvalue weighted by Crippen LogP contribution is -2.46. The third kappa shape index (κ3) is 3.37. The predicted molar refractivity (Wildman–Crippen MR) is 93.6 cm³/mol. The first-order chi connectivity index (χ1) is 11.5. The molecule has 6 heteroatoms. The number of carbonyl (C=O) groups is 1. The lowest BCUT2D eigenvalue weighted by Gasteiger charge is -2.39. The fraction of sp³-hybridized carbons (Fsp3) is 0.526. The highest BCUT2D eigenvalue weighted by atomic mass is 16.5. The molecule has 0 saturated carbocycles. The third-order valence-electron chi connectivity index (χ3n) is 4.66. The number of fused-ring (bicyclic) bond motifs is 1. The maximum absolute atomic E-state index is 12.3. The van der Waals surface area contributed by atoms with Crippen LogP contribution in [0.3, 0.4) is 0 Å². The number of carbonyl (C=O) groups excluding carboxylic acids is 1. The number of aromatic hydroxyl groups is 1. The zero-order chi connectivity index (χ0) is 19.1. The average Bonchev–Trinajstić information content (AvgIpc) is 2.50. The molecule has 2 atom stereocenters. The number of phenolic OH excluding ortho intramolecular Hbond substituents is 1. The van der Waals surface area contributed by atoms with E-state index in [2.05, 4.69) is 6.58 Å². The summed E-state index contributed by atoms with van der Waals surface area (Å²) in [5.74, 6) is -0.0139. The van der Waals surface area contributed by atoms with E-state index in [1.54, 1.807) is 20.8 Å². The quantitative estimate of drug-likeness (QED) is 0.556. The largest absolute Gasteiger partial charge is 0.507 e. The van der Waals surface area contributed by atoms with Gasteiger partial charge in [0.1, 0.15) is 28.4 Å². The van der Waals surface area contributed by atoms with Gasteiger partial charge in [0, 0.05) is 24.0 Å². The van der Waals surface area contributed by atoms with Crippen molar-refractivity contribution in [1.29, 1.82) is 0 Å². The Morgan fingerprint density at radius 2 is 2.04 bits per heavy atom. The molecule has 0 radical (unpaired) electrons. The smallest absolute Gasteiger partial charge is 0.167 e. The van der Waals surface area contributed by atoms with Crippen molar-refractivity contribution in [3.05, 3.63) is 28.8 Å². The number of ether oxygens (including phenoxy) is 2. The van der Waals surface area contributed by atoms with Crippen LogP contribution in [0, 0.1) is 0 Å². The first kappa shape index (κ1) is 19.3. The van der Waals surface area contributed by atoms with Crippen LogP contribution in [0.15, 0.2) is 12.2 Å². The van der Waals surface area contributed by atoms with Crippen molar-refractivity contribution >= 4 is 5.78 Å². The summed E-state index contributed by atoms with van der Waals surface area (Å²) in [6.45, 7) is 10.2. The van der Waals surface area contributed by atoms with E-state index in [0.29, 0.717) is 16.7 Å². The van der Waals surface area contributed by atoms with Gasteiger partial charge in [-0.25, -0.2) is 0 Å². The minimum absolute atomic E-state index is 0.0391. The van der Waals surface area contributed by atoms with Gasteiger partial charge >= 0.3 is 0 Å². The van der Waals surface area contributed by atoms with E-state index in [1.165, 1.54) is 14.0 Å². The molecule has 1 aromatic carbocycles. The molecule has 1 heterocycles. The van der Waals surface area contributed by atoms with Crippen molar-refractivity contribution in [2.45, 2.75) is 58.3 Å². The number of rotatable bonds is 5. The van der Waals surface area contributed by atoms with Crippen molar-refractivity contribution in [3.63, 3.8) is 0 Å².